The van der Waals surface area contributed by atoms with Crippen molar-refractivity contribution in [3.05, 3.63) is 0 Å². The molecule has 0 aliphatic rings. The van der Waals surface area contributed by atoms with Crippen molar-refractivity contribution in [2.75, 3.05) is 0 Å². The number of hydrogen-bond donors (Lipinski definition) is 3. The third-order valence-corrected chi connectivity index (χ3v) is 2.72. The Morgan fingerprint density at radius 2 is 2.15 bits per heavy atom. The van der Waals surface area contributed by atoms with E-state index in [0.29, 0.717) is 0 Å². The molecule has 0 aromatic rings. The lowest BCUT2D eigenvalue weighted by molar-refractivity contribution is -0.139. The minimum absolute atomic E-state index is 0.596. The van der Waals surface area contributed by atoms with Crippen LogP contribution in [0.1, 0.15) is 39.5 Å². The number of nitrogens with two attached hydrogens (primary N) is 1. The van der Waals surface area contributed by atoms with Gasteiger partial charge in [-0.05, 0) is 13.3 Å². The number of carboxylic acid groups (broad SMARTS) is 1. The Labute approximate surface area is 85.1 Å². The number of rotatable bonds is 6. The van der Waals surface area contributed by atoms with Crippen LogP contribution in [0.4, 0.5) is 0 Å². The molecule has 3 N–H and O–H groups in total. The highest BCUT2D eigenvalue weighted by molar-refractivity contribution is 7.81. The summed E-state index contributed by atoms with van der Waals surface area (Å²) in [5.41, 5.74) is 5.50. The van der Waals surface area contributed by atoms with E-state index < -0.39 is 16.8 Å². The zero-order valence-electron chi connectivity index (χ0n) is 8.29. The topological polar surface area (TPSA) is 63.3 Å². The zero-order chi connectivity index (χ0) is 10.5. The van der Waals surface area contributed by atoms with E-state index in [1.807, 2.05) is 0 Å². The first-order valence-corrected chi connectivity index (χ1v) is 5.07. The first-order valence-electron chi connectivity index (χ1n) is 4.62. The average Bonchev–Trinajstić information content (AvgIpc) is 2.03. The fraction of sp³-hybridized carbons (Fsp3) is 0.889. The molecule has 0 aliphatic heterocycles. The number of carbonyl (C=O) groups is 1. The van der Waals surface area contributed by atoms with Crippen molar-refractivity contribution in [3.8, 4) is 0 Å². The molecule has 3 nitrogen and oxygen atoms in total. The summed E-state index contributed by atoms with van der Waals surface area (Å²) in [6.45, 7) is 3.89. The largest absolute Gasteiger partial charge is 0.480 e. The van der Waals surface area contributed by atoms with Crippen LogP contribution < -0.4 is 5.73 Å². The molecule has 0 aliphatic carbocycles. The molecule has 0 amide bonds. The van der Waals surface area contributed by atoms with Gasteiger partial charge in [-0.3, -0.25) is 4.79 Å². The van der Waals surface area contributed by atoms with Gasteiger partial charge < -0.3 is 10.8 Å². The summed E-state index contributed by atoms with van der Waals surface area (Å²) in [6.07, 6.45) is 3.95. The summed E-state index contributed by atoms with van der Waals surface area (Å²) >= 11 is 4.29. The van der Waals surface area contributed by atoms with Gasteiger partial charge in [-0.2, -0.15) is 12.6 Å². The first-order chi connectivity index (χ1) is 5.91. The summed E-state index contributed by atoms with van der Waals surface area (Å²) in [5.74, 6) is -0.978. The smallest absolute Gasteiger partial charge is 0.321 e. The molecule has 0 aromatic heterocycles. The third kappa shape index (κ3) is 4.52. The Morgan fingerprint density at radius 1 is 1.62 bits per heavy atom. The minimum Gasteiger partial charge on any atom is -0.480 e. The van der Waals surface area contributed by atoms with E-state index in [-0.39, 0.29) is 0 Å². The van der Waals surface area contributed by atoms with Crippen molar-refractivity contribution in [3.63, 3.8) is 0 Å². The highest BCUT2D eigenvalue weighted by Crippen LogP contribution is 2.25. The van der Waals surface area contributed by atoms with Gasteiger partial charge in [0.1, 0.15) is 6.04 Å². The molecule has 0 spiro atoms. The van der Waals surface area contributed by atoms with Crippen LogP contribution >= 0.6 is 12.6 Å². The molecular weight excluding hydrogens is 186 g/mol. The van der Waals surface area contributed by atoms with Crippen molar-refractivity contribution in [2.24, 2.45) is 5.73 Å². The van der Waals surface area contributed by atoms with Crippen LogP contribution in [0, 0.1) is 0 Å². The van der Waals surface area contributed by atoms with Crippen LogP contribution in [-0.2, 0) is 4.79 Å². The quantitative estimate of drug-likeness (QED) is 0.456. The van der Waals surface area contributed by atoms with Gasteiger partial charge in [0.15, 0.2) is 0 Å². The second kappa shape index (κ2) is 5.50. The second-order valence-electron chi connectivity index (χ2n) is 3.63. The summed E-state index contributed by atoms with van der Waals surface area (Å²) in [6, 6.07) is -0.882. The van der Waals surface area contributed by atoms with Gasteiger partial charge in [0, 0.05) is 4.75 Å². The predicted molar refractivity (Wildman–Crippen MR) is 57.1 cm³/mol. The lowest BCUT2D eigenvalue weighted by atomic mass is 9.95. The summed E-state index contributed by atoms with van der Waals surface area (Å²) in [4.78, 5) is 10.6. The van der Waals surface area contributed by atoms with Gasteiger partial charge in [0.2, 0.25) is 0 Å². The van der Waals surface area contributed by atoms with Crippen LogP contribution in [-0.4, -0.2) is 21.9 Å². The van der Waals surface area contributed by atoms with Gasteiger partial charge >= 0.3 is 5.97 Å². The Balaban J connectivity index is 3.98. The molecule has 2 atom stereocenters. The van der Waals surface area contributed by atoms with Crippen LogP contribution in [0.15, 0.2) is 0 Å². The van der Waals surface area contributed by atoms with Crippen LogP contribution in [0.5, 0.6) is 0 Å². The molecule has 78 valence electrons. The highest BCUT2D eigenvalue weighted by atomic mass is 32.1. The van der Waals surface area contributed by atoms with Crippen LogP contribution in [0.3, 0.4) is 0 Å². The first kappa shape index (κ1) is 12.8. The van der Waals surface area contributed by atoms with Crippen molar-refractivity contribution < 1.29 is 9.90 Å². The Hall–Kier alpha value is -0.220. The maximum absolute atomic E-state index is 10.6. The standard InChI is InChI=1S/C9H19NO2S/c1-3-4-5-6-9(2,13)7(10)8(11)12/h7,13H,3-6,10H2,1-2H3,(H,11,12). The summed E-state index contributed by atoms with van der Waals surface area (Å²) < 4.78 is -0.596. The Bertz CT molecular complexity index is 171. The van der Waals surface area contributed by atoms with E-state index in [0.717, 1.165) is 25.7 Å². The highest BCUT2D eigenvalue weighted by Gasteiger charge is 2.32. The Kier molecular flexibility index (Phi) is 5.40. The normalized spacial score (nSPS) is 17.8. The van der Waals surface area contributed by atoms with Crippen LogP contribution in [0.2, 0.25) is 0 Å². The van der Waals surface area contributed by atoms with Crippen LogP contribution in [0.25, 0.3) is 0 Å². The number of thiol groups is 1. The summed E-state index contributed by atoms with van der Waals surface area (Å²) in [7, 11) is 0. The van der Waals surface area contributed by atoms with E-state index >= 15 is 0 Å². The number of unbranched alkanes of at least 4 members (excludes halogenated alkanes) is 2. The van der Waals surface area contributed by atoms with Gasteiger partial charge in [0.25, 0.3) is 0 Å². The summed E-state index contributed by atoms with van der Waals surface area (Å²) in [5, 5.41) is 8.70. The number of hydrogen-bond acceptors (Lipinski definition) is 3. The SMILES string of the molecule is CCCCCC(C)(S)C(N)C(=O)O. The maximum atomic E-state index is 10.6. The molecule has 0 saturated heterocycles. The van der Waals surface area contributed by atoms with E-state index in [2.05, 4.69) is 19.6 Å². The molecular formula is C9H19NO2S. The van der Waals surface area contributed by atoms with E-state index in [1.165, 1.54) is 0 Å². The minimum atomic E-state index is -0.978. The zero-order valence-corrected chi connectivity index (χ0v) is 9.18. The van der Waals surface area contributed by atoms with Gasteiger partial charge in [-0.25, -0.2) is 0 Å². The van der Waals surface area contributed by atoms with Crippen molar-refractivity contribution in [2.45, 2.75) is 50.3 Å². The molecule has 0 rings (SSSR count). The molecule has 4 heteroatoms. The molecule has 0 aromatic carbocycles. The van der Waals surface area contributed by atoms with Gasteiger partial charge in [0.05, 0.1) is 0 Å². The van der Waals surface area contributed by atoms with E-state index in [1.54, 1.807) is 6.92 Å². The molecule has 13 heavy (non-hydrogen) atoms. The third-order valence-electron chi connectivity index (χ3n) is 2.22. The number of aliphatic carboxylic acids is 1. The van der Waals surface area contributed by atoms with Gasteiger partial charge in [-0.1, -0.05) is 26.2 Å². The molecule has 2 unspecified atom stereocenters. The molecule has 0 saturated carbocycles. The van der Waals surface area contributed by atoms with E-state index in [4.69, 9.17) is 10.8 Å². The molecule has 0 bridgehead atoms. The second-order valence-corrected chi connectivity index (χ2v) is 4.65. The van der Waals surface area contributed by atoms with Crippen molar-refractivity contribution in [1.82, 2.24) is 0 Å². The molecule has 0 fully saturated rings. The monoisotopic (exact) mass is 205 g/mol. The van der Waals surface area contributed by atoms with Gasteiger partial charge in [-0.15, -0.1) is 0 Å². The average molecular weight is 205 g/mol. The maximum Gasteiger partial charge on any atom is 0.321 e. The lowest BCUT2D eigenvalue weighted by Gasteiger charge is -2.27. The van der Waals surface area contributed by atoms with Crippen molar-refractivity contribution in [1.29, 1.82) is 0 Å². The molecule has 0 heterocycles. The fourth-order valence-corrected chi connectivity index (χ4v) is 1.42. The predicted octanol–water partition coefficient (Wildman–Crippen LogP) is 1.67. The van der Waals surface area contributed by atoms with Crippen molar-refractivity contribution >= 4 is 18.6 Å². The molecule has 0 radical (unpaired) electrons. The number of carboxylic acids is 1. The van der Waals surface area contributed by atoms with E-state index in [9.17, 15) is 4.79 Å². The fourth-order valence-electron chi connectivity index (χ4n) is 1.15. The lowest BCUT2D eigenvalue weighted by Crippen LogP contribution is -2.47. The Morgan fingerprint density at radius 3 is 2.54 bits per heavy atom.